The van der Waals surface area contributed by atoms with Gasteiger partial charge in [0.1, 0.15) is 5.69 Å². The number of carboxylic acid groups (broad SMARTS) is 1. The summed E-state index contributed by atoms with van der Waals surface area (Å²) in [6.07, 6.45) is 1.26. The van der Waals surface area contributed by atoms with Crippen LogP contribution >= 0.6 is 0 Å². The fourth-order valence-electron chi connectivity index (χ4n) is 3.22. The summed E-state index contributed by atoms with van der Waals surface area (Å²) in [4.78, 5) is 23.6. The van der Waals surface area contributed by atoms with Crippen LogP contribution in [0.15, 0.2) is 6.07 Å². The summed E-state index contributed by atoms with van der Waals surface area (Å²) in [5, 5.41) is 19.0. The molecule has 1 saturated carbocycles. The number of carbonyl (C=O) groups is 2. The highest BCUT2D eigenvalue weighted by Gasteiger charge is 2.46. The molecule has 0 aromatic carbocycles. The first-order valence-corrected chi connectivity index (χ1v) is 7.29. The van der Waals surface area contributed by atoms with Crippen molar-refractivity contribution in [2.75, 3.05) is 0 Å². The molecule has 0 aliphatic heterocycles. The van der Waals surface area contributed by atoms with Gasteiger partial charge in [0.2, 0.25) is 0 Å². The van der Waals surface area contributed by atoms with Crippen LogP contribution in [0, 0.1) is 24.2 Å². The van der Waals surface area contributed by atoms with Crippen LogP contribution in [0.2, 0.25) is 0 Å². The lowest BCUT2D eigenvalue weighted by Gasteiger charge is -2.46. The Morgan fingerprint density at radius 2 is 2.10 bits per heavy atom. The minimum atomic E-state index is -0.750. The number of aromatic nitrogens is 2. The lowest BCUT2D eigenvalue weighted by Crippen LogP contribution is -2.52. The van der Waals surface area contributed by atoms with Crippen LogP contribution in [0.4, 0.5) is 0 Å². The Bertz CT molecular complexity index is 550. The smallest absolute Gasteiger partial charge is 0.307 e. The van der Waals surface area contributed by atoms with E-state index in [1.165, 1.54) is 0 Å². The molecule has 1 heterocycles. The third kappa shape index (κ3) is 2.94. The second-order valence-corrected chi connectivity index (χ2v) is 6.59. The van der Waals surface area contributed by atoms with Crippen molar-refractivity contribution in [2.24, 2.45) is 17.3 Å². The Balaban J connectivity index is 2.09. The van der Waals surface area contributed by atoms with Crippen LogP contribution in [0.25, 0.3) is 0 Å². The molecule has 1 aliphatic rings. The standard InChI is InChI=1S/C15H23N3O3/c1-8-7-12(18-17-8)13(19)16-11-6-5-10(14(20)21)15(3,4)9(11)2/h7,9-11H,5-6H2,1-4H3,(H,16,19)(H,17,18)(H,20,21). The normalized spacial score (nSPS) is 28.1. The molecule has 3 atom stereocenters. The number of rotatable bonds is 3. The topological polar surface area (TPSA) is 95.1 Å². The molecule has 1 aliphatic carbocycles. The van der Waals surface area contributed by atoms with Gasteiger partial charge in [-0.3, -0.25) is 14.7 Å². The molecule has 3 unspecified atom stereocenters. The molecule has 6 heteroatoms. The highest BCUT2D eigenvalue weighted by atomic mass is 16.4. The molecule has 1 fully saturated rings. The van der Waals surface area contributed by atoms with Gasteiger partial charge in [0.25, 0.3) is 5.91 Å². The Labute approximate surface area is 124 Å². The van der Waals surface area contributed by atoms with Gasteiger partial charge in [-0.2, -0.15) is 5.10 Å². The van der Waals surface area contributed by atoms with Crippen LogP contribution < -0.4 is 5.32 Å². The molecule has 0 radical (unpaired) electrons. The predicted molar refractivity (Wildman–Crippen MR) is 77.9 cm³/mol. The van der Waals surface area contributed by atoms with Gasteiger partial charge in [0.05, 0.1) is 5.92 Å². The van der Waals surface area contributed by atoms with Gasteiger partial charge < -0.3 is 10.4 Å². The van der Waals surface area contributed by atoms with Crippen molar-refractivity contribution in [3.63, 3.8) is 0 Å². The fraction of sp³-hybridized carbons (Fsp3) is 0.667. The molecular formula is C15H23N3O3. The molecule has 116 valence electrons. The lowest BCUT2D eigenvalue weighted by molar-refractivity contribution is -0.150. The number of H-pyrrole nitrogens is 1. The zero-order valence-corrected chi connectivity index (χ0v) is 12.9. The number of hydrogen-bond acceptors (Lipinski definition) is 3. The molecular weight excluding hydrogens is 270 g/mol. The van der Waals surface area contributed by atoms with E-state index in [1.807, 2.05) is 27.7 Å². The Morgan fingerprint density at radius 3 is 2.62 bits per heavy atom. The summed E-state index contributed by atoms with van der Waals surface area (Å²) in [6, 6.07) is 1.67. The van der Waals surface area contributed by atoms with E-state index in [2.05, 4.69) is 15.5 Å². The van der Waals surface area contributed by atoms with Crippen molar-refractivity contribution in [1.82, 2.24) is 15.5 Å². The highest BCUT2D eigenvalue weighted by molar-refractivity contribution is 5.92. The van der Waals surface area contributed by atoms with E-state index in [0.29, 0.717) is 18.5 Å². The molecule has 2 rings (SSSR count). The van der Waals surface area contributed by atoms with E-state index in [0.717, 1.165) is 5.69 Å². The third-order valence-electron chi connectivity index (χ3n) is 4.99. The van der Waals surface area contributed by atoms with Gasteiger partial charge >= 0.3 is 5.97 Å². The largest absolute Gasteiger partial charge is 0.481 e. The number of aryl methyl sites for hydroxylation is 1. The second-order valence-electron chi connectivity index (χ2n) is 6.59. The van der Waals surface area contributed by atoms with Crippen molar-refractivity contribution in [3.05, 3.63) is 17.5 Å². The predicted octanol–water partition coefficient (Wildman–Crippen LogP) is 1.97. The molecule has 1 aromatic heterocycles. The first-order chi connectivity index (χ1) is 9.73. The number of carbonyl (C=O) groups excluding carboxylic acids is 1. The van der Waals surface area contributed by atoms with E-state index >= 15 is 0 Å². The average Bonchev–Trinajstić information content (AvgIpc) is 2.81. The fourth-order valence-corrected chi connectivity index (χ4v) is 3.22. The number of nitrogens with zero attached hydrogens (tertiary/aromatic N) is 1. The van der Waals surface area contributed by atoms with Crippen LogP contribution in [0.3, 0.4) is 0 Å². The summed E-state index contributed by atoms with van der Waals surface area (Å²) in [7, 11) is 0. The molecule has 0 bridgehead atoms. The van der Waals surface area contributed by atoms with E-state index in [1.54, 1.807) is 6.07 Å². The molecule has 1 amide bonds. The van der Waals surface area contributed by atoms with Gasteiger partial charge in [-0.15, -0.1) is 0 Å². The Kier molecular flexibility index (Phi) is 4.07. The number of aromatic amines is 1. The van der Waals surface area contributed by atoms with Crippen LogP contribution in [0.1, 0.15) is 49.8 Å². The molecule has 0 spiro atoms. The monoisotopic (exact) mass is 293 g/mol. The maximum atomic E-state index is 12.2. The van der Waals surface area contributed by atoms with Crippen LogP contribution in [-0.4, -0.2) is 33.2 Å². The zero-order valence-electron chi connectivity index (χ0n) is 12.9. The van der Waals surface area contributed by atoms with Crippen molar-refractivity contribution in [3.8, 4) is 0 Å². The van der Waals surface area contributed by atoms with Crippen LogP contribution in [-0.2, 0) is 4.79 Å². The first-order valence-electron chi connectivity index (χ1n) is 7.29. The summed E-state index contributed by atoms with van der Waals surface area (Å²) in [6.45, 7) is 7.78. The zero-order chi connectivity index (χ0) is 15.8. The van der Waals surface area contributed by atoms with Crippen molar-refractivity contribution in [2.45, 2.75) is 46.6 Å². The minimum Gasteiger partial charge on any atom is -0.481 e. The summed E-state index contributed by atoms with van der Waals surface area (Å²) >= 11 is 0. The number of carboxylic acids is 1. The van der Waals surface area contributed by atoms with Gasteiger partial charge in [-0.25, -0.2) is 0 Å². The minimum absolute atomic E-state index is 0.0277. The maximum absolute atomic E-state index is 12.2. The van der Waals surface area contributed by atoms with E-state index in [-0.39, 0.29) is 29.2 Å². The first kappa shape index (κ1) is 15.5. The number of aliphatic carboxylic acids is 1. The average molecular weight is 293 g/mol. The van der Waals surface area contributed by atoms with Crippen molar-refractivity contribution >= 4 is 11.9 Å². The van der Waals surface area contributed by atoms with Crippen molar-refractivity contribution < 1.29 is 14.7 Å². The molecule has 1 aromatic rings. The number of amides is 1. The van der Waals surface area contributed by atoms with Crippen molar-refractivity contribution in [1.29, 1.82) is 0 Å². The van der Waals surface area contributed by atoms with Gasteiger partial charge in [-0.05, 0) is 37.2 Å². The van der Waals surface area contributed by atoms with Gasteiger partial charge in [-0.1, -0.05) is 20.8 Å². The molecule has 3 N–H and O–H groups in total. The summed E-state index contributed by atoms with van der Waals surface area (Å²) in [5.41, 5.74) is 0.852. The molecule has 21 heavy (non-hydrogen) atoms. The van der Waals surface area contributed by atoms with Crippen LogP contribution in [0.5, 0.6) is 0 Å². The lowest BCUT2D eigenvalue weighted by atomic mass is 9.61. The maximum Gasteiger partial charge on any atom is 0.307 e. The van der Waals surface area contributed by atoms with E-state index < -0.39 is 5.97 Å². The third-order valence-corrected chi connectivity index (χ3v) is 4.99. The number of hydrogen-bond donors (Lipinski definition) is 3. The van der Waals surface area contributed by atoms with Gasteiger partial charge in [0.15, 0.2) is 0 Å². The highest BCUT2D eigenvalue weighted by Crippen LogP contribution is 2.45. The molecule has 6 nitrogen and oxygen atoms in total. The van der Waals surface area contributed by atoms with E-state index in [4.69, 9.17) is 0 Å². The van der Waals surface area contributed by atoms with Gasteiger partial charge in [0, 0.05) is 11.7 Å². The second kappa shape index (κ2) is 5.50. The molecule has 0 saturated heterocycles. The SMILES string of the molecule is Cc1cc(C(=O)NC2CCC(C(=O)O)C(C)(C)C2C)n[nH]1. The summed E-state index contributed by atoms with van der Waals surface area (Å²) in [5.74, 6) is -1.25. The number of nitrogens with one attached hydrogen (secondary N) is 2. The Morgan fingerprint density at radius 1 is 1.43 bits per heavy atom. The quantitative estimate of drug-likeness (QED) is 0.794. The van der Waals surface area contributed by atoms with E-state index in [9.17, 15) is 14.7 Å². The Hall–Kier alpha value is -1.85. The summed E-state index contributed by atoms with van der Waals surface area (Å²) < 4.78 is 0.